The lowest BCUT2D eigenvalue weighted by atomic mass is 9.99. The van der Waals surface area contributed by atoms with Gasteiger partial charge in [0, 0.05) is 30.2 Å². The zero-order valence-electron chi connectivity index (χ0n) is 14.2. The molecule has 3 rings (SSSR count). The third-order valence-electron chi connectivity index (χ3n) is 4.52. The summed E-state index contributed by atoms with van der Waals surface area (Å²) in [4.78, 5) is 13.7. The number of fused-ring (bicyclic) bond motifs is 1. The number of amides is 1. The van der Waals surface area contributed by atoms with E-state index in [9.17, 15) is 9.18 Å². The van der Waals surface area contributed by atoms with Crippen molar-refractivity contribution in [1.82, 2.24) is 10.4 Å². The van der Waals surface area contributed by atoms with E-state index in [1.165, 1.54) is 6.07 Å². The predicted molar refractivity (Wildman–Crippen MR) is 96.4 cm³/mol. The standard InChI is InChI=1S/C19H20ClFN2O3/c20-15-1-3-16(4-2-15)26-10-9-23-7-5-13-11-14(19(24)22-25)12-18(21)17(13)6-8-23/h1-4,11-12,25H,5-10H2,(H,22,24). The van der Waals surface area contributed by atoms with Gasteiger partial charge in [0.2, 0.25) is 0 Å². The van der Waals surface area contributed by atoms with Crippen LogP contribution >= 0.6 is 11.6 Å². The van der Waals surface area contributed by atoms with Gasteiger partial charge in [-0.05, 0) is 60.4 Å². The normalized spacial score (nSPS) is 14.4. The fourth-order valence-electron chi connectivity index (χ4n) is 3.10. The van der Waals surface area contributed by atoms with Crippen molar-refractivity contribution in [3.63, 3.8) is 0 Å². The zero-order valence-corrected chi connectivity index (χ0v) is 14.9. The molecule has 1 aliphatic heterocycles. The summed E-state index contributed by atoms with van der Waals surface area (Å²) in [6.07, 6.45) is 1.21. The van der Waals surface area contributed by atoms with Gasteiger partial charge in [-0.2, -0.15) is 0 Å². The molecule has 5 nitrogen and oxygen atoms in total. The maximum absolute atomic E-state index is 14.3. The molecule has 1 aliphatic rings. The van der Waals surface area contributed by atoms with Gasteiger partial charge < -0.3 is 4.74 Å². The van der Waals surface area contributed by atoms with E-state index in [1.54, 1.807) is 23.7 Å². The highest BCUT2D eigenvalue weighted by Gasteiger charge is 2.19. The van der Waals surface area contributed by atoms with Gasteiger partial charge >= 0.3 is 0 Å². The summed E-state index contributed by atoms with van der Waals surface area (Å²) in [5.74, 6) is -0.345. The summed E-state index contributed by atoms with van der Waals surface area (Å²) in [7, 11) is 0. The monoisotopic (exact) mass is 378 g/mol. The Balaban J connectivity index is 1.58. The number of hydrogen-bond acceptors (Lipinski definition) is 4. The lowest BCUT2D eigenvalue weighted by molar-refractivity contribution is 0.0705. The molecule has 0 aliphatic carbocycles. The molecule has 0 atom stereocenters. The zero-order chi connectivity index (χ0) is 18.5. The number of nitrogens with one attached hydrogen (secondary N) is 1. The van der Waals surface area contributed by atoms with E-state index >= 15 is 0 Å². The molecule has 0 saturated carbocycles. The molecule has 1 amide bonds. The Morgan fingerprint density at radius 1 is 1.23 bits per heavy atom. The van der Waals surface area contributed by atoms with Gasteiger partial charge in [0.1, 0.15) is 18.2 Å². The molecule has 0 bridgehead atoms. The minimum Gasteiger partial charge on any atom is -0.492 e. The van der Waals surface area contributed by atoms with E-state index in [0.717, 1.165) is 30.9 Å². The van der Waals surface area contributed by atoms with Crippen molar-refractivity contribution >= 4 is 17.5 Å². The molecule has 138 valence electrons. The first-order chi connectivity index (χ1) is 12.6. The number of carbonyl (C=O) groups is 1. The molecular weight excluding hydrogens is 359 g/mol. The number of hydrogen-bond donors (Lipinski definition) is 2. The maximum atomic E-state index is 14.3. The number of hydroxylamine groups is 1. The SMILES string of the molecule is O=C(NO)c1cc(F)c2c(c1)CCN(CCOc1ccc(Cl)cc1)CC2. The first kappa shape index (κ1) is 18.6. The molecule has 0 aromatic heterocycles. The molecule has 26 heavy (non-hydrogen) atoms. The van der Waals surface area contributed by atoms with E-state index in [1.807, 2.05) is 12.1 Å². The fourth-order valence-corrected chi connectivity index (χ4v) is 3.23. The summed E-state index contributed by atoms with van der Waals surface area (Å²) < 4.78 is 20.0. The second kappa shape index (κ2) is 8.49. The van der Waals surface area contributed by atoms with E-state index < -0.39 is 11.7 Å². The highest BCUT2D eigenvalue weighted by Crippen LogP contribution is 2.22. The predicted octanol–water partition coefficient (Wildman–Crippen LogP) is 3.08. The van der Waals surface area contributed by atoms with Crippen LogP contribution in [0.2, 0.25) is 5.02 Å². The molecule has 0 unspecified atom stereocenters. The largest absolute Gasteiger partial charge is 0.492 e. The Kier molecular flexibility index (Phi) is 6.08. The molecule has 0 spiro atoms. The van der Waals surface area contributed by atoms with Gasteiger partial charge in [0.05, 0.1) is 0 Å². The molecule has 2 N–H and O–H groups in total. The quantitative estimate of drug-likeness (QED) is 0.620. The van der Waals surface area contributed by atoms with Gasteiger partial charge in [-0.1, -0.05) is 11.6 Å². The van der Waals surface area contributed by atoms with Gasteiger partial charge in [0.15, 0.2) is 0 Å². The highest BCUT2D eigenvalue weighted by atomic mass is 35.5. The van der Waals surface area contributed by atoms with Crippen molar-refractivity contribution in [3.8, 4) is 5.75 Å². The van der Waals surface area contributed by atoms with Crippen LogP contribution in [0.3, 0.4) is 0 Å². The van der Waals surface area contributed by atoms with Crippen LogP contribution < -0.4 is 10.2 Å². The first-order valence-electron chi connectivity index (χ1n) is 8.43. The lowest BCUT2D eigenvalue weighted by Crippen LogP contribution is -2.30. The summed E-state index contributed by atoms with van der Waals surface area (Å²) in [6.45, 7) is 2.72. The maximum Gasteiger partial charge on any atom is 0.274 e. The third kappa shape index (κ3) is 4.52. The molecule has 7 heteroatoms. The molecule has 0 fully saturated rings. The van der Waals surface area contributed by atoms with Gasteiger partial charge in [-0.3, -0.25) is 14.9 Å². The Morgan fingerprint density at radius 2 is 1.96 bits per heavy atom. The number of benzene rings is 2. The summed E-state index contributed by atoms with van der Waals surface area (Å²) in [5, 5.41) is 9.40. The van der Waals surface area contributed by atoms with E-state index in [-0.39, 0.29) is 5.56 Å². The minimum absolute atomic E-state index is 0.128. The smallest absolute Gasteiger partial charge is 0.274 e. The van der Waals surface area contributed by atoms with Crippen molar-refractivity contribution in [2.75, 3.05) is 26.2 Å². The lowest BCUT2D eigenvalue weighted by Gasteiger charge is -2.19. The number of nitrogens with zero attached hydrogens (tertiary/aromatic N) is 1. The average molecular weight is 379 g/mol. The van der Waals surface area contributed by atoms with Crippen LogP contribution in [-0.2, 0) is 12.8 Å². The Labute approximate surface area is 156 Å². The molecular formula is C19H20ClFN2O3. The molecule has 2 aromatic carbocycles. The Bertz CT molecular complexity index is 783. The van der Waals surface area contributed by atoms with Crippen molar-refractivity contribution in [2.45, 2.75) is 12.8 Å². The van der Waals surface area contributed by atoms with Crippen LogP contribution in [0.15, 0.2) is 36.4 Å². The van der Waals surface area contributed by atoms with Crippen LogP contribution in [-0.4, -0.2) is 42.3 Å². The summed E-state index contributed by atoms with van der Waals surface area (Å²) in [5.41, 5.74) is 3.12. The van der Waals surface area contributed by atoms with Gasteiger partial charge in [-0.15, -0.1) is 0 Å². The molecule has 1 heterocycles. The van der Waals surface area contributed by atoms with Crippen LogP contribution in [0.4, 0.5) is 4.39 Å². The third-order valence-corrected chi connectivity index (χ3v) is 4.77. The van der Waals surface area contributed by atoms with Crippen LogP contribution in [0.1, 0.15) is 21.5 Å². The van der Waals surface area contributed by atoms with Gasteiger partial charge in [0.25, 0.3) is 5.91 Å². The fraction of sp³-hybridized carbons (Fsp3) is 0.316. The number of carbonyl (C=O) groups excluding carboxylic acids is 1. The van der Waals surface area contributed by atoms with Crippen LogP contribution in [0, 0.1) is 5.82 Å². The Hall–Kier alpha value is -2.15. The summed E-state index contributed by atoms with van der Waals surface area (Å²) in [6, 6.07) is 10.0. The number of rotatable bonds is 5. The second-order valence-electron chi connectivity index (χ2n) is 6.18. The second-order valence-corrected chi connectivity index (χ2v) is 6.62. The molecule has 0 radical (unpaired) electrons. The minimum atomic E-state index is -0.704. The number of ether oxygens (including phenoxy) is 1. The van der Waals surface area contributed by atoms with E-state index in [0.29, 0.717) is 30.0 Å². The van der Waals surface area contributed by atoms with Crippen molar-refractivity contribution < 1.29 is 19.1 Å². The first-order valence-corrected chi connectivity index (χ1v) is 8.81. The Morgan fingerprint density at radius 3 is 2.69 bits per heavy atom. The van der Waals surface area contributed by atoms with Crippen molar-refractivity contribution in [2.24, 2.45) is 0 Å². The average Bonchev–Trinajstić information content (AvgIpc) is 2.85. The van der Waals surface area contributed by atoms with Crippen molar-refractivity contribution in [1.29, 1.82) is 0 Å². The van der Waals surface area contributed by atoms with Crippen molar-refractivity contribution in [3.05, 3.63) is 63.9 Å². The topological polar surface area (TPSA) is 61.8 Å². The number of halogens is 2. The highest BCUT2D eigenvalue weighted by molar-refractivity contribution is 6.30. The van der Waals surface area contributed by atoms with Gasteiger partial charge in [-0.25, -0.2) is 9.87 Å². The summed E-state index contributed by atoms with van der Waals surface area (Å²) >= 11 is 5.85. The molecule has 0 saturated heterocycles. The van der Waals surface area contributed by atoms with E-state index in [2.05, 4.69) is 4.90 Å². The van der Waals surface area contributed by atoms with Crippen LogP contribution in [0.25, 0.3) is 0 Å². The van der Waals surface area contributed by atoms with Crippen LogP contribution in [0.5, 0.6) is 5.75 Å². The van der Waals surface area contributed by atoms with E-state index in [4.69, 9.17) is 21.5 Å². The molecule has 2 aromatic rings.